The number of hydrogen-bond acceptors (Lipinski definition) is 2. The normalized spacial score (nSPS) is 7.50. The van der Waals surface area contributed by atoms with Crippen molar-refractivity contribution in [3.63, 3.8) is 0 Å². The molecule has 0 amide bonds. The smallest absolute Gasteiger partial charge is 0.0312 e. The van der Waals surface area contributed by atoms with E-state index in [-0.39, 0.29) is 0 Å². The fourth-order valence-electron chi connectivity index (χ4n) is 0. The Morgan fingerprint density at radius 3 is 2.25 bits per heavy atom. The summed E-state index contributed by atoms with van der Waals surface area (Å²) in [6, 6.07) is 0. The van der Waals surface area contributed by atoms with Crippen LogP contribution in [-0.4, -0.2) is 6.26 Å². The highest BCUT2D eigenvalue weighted by Crippen LogP contribution is 1.85. The third-order valence-electron chi connectivity index (χ3n) is 0.0680. The summed E-state index contributed by atoms with van der Waals surface area (Å²) in [5.74, 6) is 0. The lowest BCUT2D eigenvalue weighted by atomic mass is 12.0. The monoisotopic (exact) mass is 79.0 g/mol. The summed E-state index contributed by atoms with van der Waals surface area (Å²) < 4.78 is 3.21. The Morgan fingerprint density at radius 1 is 2.00 bits per heavy atom. The quantitative estimate of drug-likeness (QED) is 0.262. The van der Waals surface area contributed by atoms with Gasteiger partial charge in [-0.25, -0.2) is 0 Å². The van der Waals surface area contributed by atoms with Crippen molar-refractivity contribution in [3.05, 3.63) is 0 Å². The van der Waals surface area contributed by atoms with Crippen LogP contribution in [0.25, 0.3) is 0 Å². The van der Waals surface area contributed by atoms with Gasteiger partial charge in [-0.1, -0.05) is 0 Å². The summed E-state index contributed by atoms with van der Waals surface area (Å²) >= 11 is 0.801. The Bertz CT molecular complexity index is 8.00. The SMILES string of the molecule is CSO[O]. The van der Waals surface area contributed by atoms with Crippen LogP contribution in [-0.2, 0) is 9.59 Å². The van der Waals surface area contributed by atoms with E-state index in [1.165, 1.54) is 0 Å². The summed E-state index contributed by atoms with van der Waals surface area (Å²) in [6.45, 7) is 0. The van der Waals surface area contributed by atoms with Gasteiger partial charge in [-0.3, -0.25) is 0 Å². The number of hydrogen-bond donors (Lipinski definition) is 0. The molecule has 0 aliphatic heterocycles. The van der Waals surface area contributed by atoms with Crippen LogP contribution in [0.3, 0.4) is 0 Å². The van der Waals surface area contributed by atoms with Gasteiger partial charge in [0.2, 0.25) is 0 Å². The van der Waals surface area contributed by atoms with Gasteiger partial charge in [0.1, 0.15) is 0 Å². The highest BCUT2D eigenvalue weighted by molar-refractivity contribution is 7.93. The van der Waals surface area contributed by atoms with Crippen LogP contribution in [0.2, 0.25) is 0 Å². The molecular formula is CH3O2S. The molecule has 0 aromatic rings. The molecule has 0 aliphatic carbocycles. The van der Waals surface area contributed by atoms with Crippen molar-refractivity contribution in [1.82, 2.24) is 0 Å². The van der Waals surface area contributed by atoms with Gasteiger partial charge in [0, 0.05) is 18.3 Å². The molecule has 2 nitrogen and oxygen atoms in total. The zero-order chi connectivity index (χ0) is 3.41. The maximum absolute atomic E-state index is 8.76. The minimum atomic E-state index is 0.801. The van der Waals surface area contributed by atoms with Gasteiger partial charge in [-0.2, -0.15) is 0 Å². The first kappa shape index (κ1) is 4.27. The Hall–Kier alpha value is 0.270. The Labute approximate surface area is 28.9 Å². The molecule has 0 unspecified atom stereocenters. The van der Waals surface area contributed by atoms with Crippen LogP contribution in [0.1, 0.15) is 0 Å². The van der Waals surface area contributed by atoms with E-state index in [1.54, 1.807) is 6.26 Å². The predicted molar refractivity (Wildman–Crippen MR) is 15.3 cm³/mol. The molecule has 0 atom stereocenters. The van der Waals surface area contributed by atoms with Gasteiger partial charge < -0.3 is 0 Å². The van der Waals surface area contributed by atoms with Crippen LogP contribution in [0, 0.1) is 0 Å². The average Bonchev–Trinajstić information content (AvgIpc) is 1.37. The largest absolute Gasteiger partial charge is 0.131 e. The lowest BCUT2D eigenvalue weighted by Gasteiger charge is -1.66. The third kappa shape index (κ3) is 2.27. The second kappa shape index (κ2) is 3.27. The topological polar surface area (TPSA) is 29.1 Å². The van der Waals surface area contributed by atoms with Crippen molar-refractivity contribution >= 4 is 12.0 Å². The van der Waals surface area contributed by atoms with Gasteiger partial charge in [0.15, 0.2) is 0 Å². The zero-order valence-corrected chi connectivity index (χ0v) is 3.04. The molecule has 1 radical (unpaired) electrons. The van der Waals surface area contributed by atoms with Gasteiger partial charge in [-0.15, -0.1) is 4.33 Å². The van der Waals surface area contributed by atoms with Crippen LogP contribution >= 0.6 is 12.0 Å². The summed E-state index contributed by atoms with van der Waals surface area (Å²) in [5, 5.41) is 8.76. The van der Waals surface area contributed by atoms with Crippen molar-refractivity contribution in [2.45, 2.75) is 0 Å². The van der Waals surface area contributed by atoms with E-state index < -0.39 is 0 Å². The lowest BCUT2D eigenvalue weighted by molar-refractivity contribution is -0.190. The van der Waals surface area contributed by atoms with E-state index >= 15 is 0 Å². The summed E-state index contributed by atoms with van der Waals surface area (Å²) in [7, 11) is 0. The Morgan fingerprint density at radius 2 is 2.25 bits per heavy atom. The van der Waals surface area contributed by atoms with E-state index in [9.17, 15) is 0 Å². The zero-order valence-electron chi connectivity index (χ0n) is 2.22. The molecule has 3 heteroatoms. The Kier molecular flexibility index (Phi) is 3.49. The standard InChI is InChI=1S/CH3O2S/c1-4-3-2/h1H3. The van der Waals surface area contributed by atoms with E-state index in [2.05, 4.69) is 4.33 Å². The molecule has 0 heterocycles. The first-order valence-corrected chi connectivity index (χ1v) is 1.89. The maximum atomic E-state index is 8.76. The van der Waals surface area contributed by atoms with E-state index in [4.69, 9.17) is 5.26 Å². The minimum Gasteiger partial charge on any atom is -0.131 e. The van der Waals surface area contributed by atoms with Gasteiger partial charge in [0.25, 0.3) is 0 Å². The summed E-state index contributed by atoms with van der Waals surface area (Å²) in [5.41, 5.74) is 0. The van der Waals surface area contributed by atoms with Gasteiger partial charge >= 0.3 is 0 Å². The molecule has 0 aromatic carbocycles. The first-order valence-electron chi connectivity index (χ1n) is 0.742. The van der Waals surface area contributed by atoms with Crippen molar-refractivity contribution < 1.29 is 9.59 Å². The molecule has 0 aliphatic rings. The van der Waals surface area contributed by atoms with Crippen LogP contribution < -0.4 is 0 Å². The third-order valence-corrected chi connectivity index (χ3v) is 0.204. The molecule has 0 saturated carbocycles. The van der Waals surface area contributed by atoms with E-state index in [0.717, 1.165) is 12.0 Å². The summed E-state index contributed by atoms with van der Waals surface area (Å²) in [6.07, 6.45) is 1.56. The average molecular weight is 79.1 g/mol. The van der Waals surface area contributed by atoms with Crippen molar-refractivity contribution in [2.24, 2.45) is 0 Å². The molecule has 4 heavy (non-hydrogen) atoms. The van der Waals surface area contributed by atoms with Crippen molar-refractivity contribution in [2.75, 3.05) is 6.26 Å². The molecule has 0 fully saturated rings. The second-order valence-electron chi connectivity index (χ2n) is 0.235. The molecule has 25 valence electrons. The molecule has 0 aromatic heterocycles. The highest BCUT2D eigenvalue weighted by atomic mass is 32.2. The second-order valence-corrected chi connectivity index (χ2v) is 0.704. The van der Waals surface area contributed by atoms with Crippen LogP contribution in [0.15, 0.2) is 0 Å². The maximum Gasteiger partial charge on any atom is 0.0312 e. The fraction of sp³-hybridized carbons (Fsp3) is 1.00. The van der Waals surface area contributed by atoms with Crippen molar-refractivity contribution in [1.29, 1.82) is 0 Å². The molecule has 0 N–H and O–H groups in total. The van der Waals surface area contributed by atoms with Crippen LogP contribution in [0.4, 0.5) is 0 Å². The first-order chi connectivity index (χ1) is 1.91. The highest BCUT2D eigenvalue weighted by Gasteiger charge is 1.58. The minimum absolute atomic E-state index is 0.801. The predicted octanol–water partition coefficient (Wildman–Crippen LogP) is 0.626. The molecule has 0 rings (SSSR count). The molecular weight excluding hydrogens is 76.1 g/mol. The fourth-order valence-corrected chi connectivity index (χ4v) is 0. The van der Waals surface area contributed by atoms with E-state index in [1.807, 2.05) is 0 Å². The molecule has 0 bridgehead atoms. The van der Waals surface area contributed by atoms with E-state index in [0.29, 0.717) is 0 Å². The van der Waals surface area contributed by atoms with Gasteiger partial charge in [0.05, 0.1) is 0 Å². The number of rotatable bonds is 1. The molecule has 0 spiro atoms. The lowest BCUT2D eigenvalue weighted by Crippen LogP contribution is -1.51. The van der Waals surface area contributed by atoms with Crippen LogP contribution in [0.5, 0.6) is 0 Å². The molecule has 0 saturated heterocycles. The Balaban J connectivity index is 1.97. The van der Waals surface area contributed by atoms with Crippen molar-refractivity contribution in [3.8, 4) is 0 Å². The summed E-state index contributed by atoms with van der Waals surface area (Å²) in [4.78, 5) is 0. The van der Waals surface area contributed by atoms with Gasteiger partial charge in [-0.05, 0) is 5.26 Å².